The minimum atomic E-state index is 0. The SMILES string of the molecule is [CH2-]C1=CC=CC1.[CH2-]C1=CC=CC1.[Ti+2]. The first kappa shape index (κ1) is 12.4. The number of allylic oxidation sites excluding steroid dienone is 8. The molecule has 0 heterocycles. The van der Waals surface area contributed by atoms with E-state index in [9.17, 15) is 0 Å². The van der Waals surface area contributed by atoms with Crippen molar-refractivity contribution in [3.63, 3.8) is 0 Å². The van der Waals surface area contributed by atoms with Crippen LogP contribution in [0.4, 0.5) is 0 Å². The van der Waals surface area contributed by atoms with Gasteiger partial charge in [0.05, 0.1) is 0 Å². The Labute approximate surface area is 96.0 Å². The molecule has 0 spiro atoms. The number of hydrogen-bond acceptors (Lipinski definition) is 0. The van der Waals surface area contributed by atoms with Crippen molar-refractivity contribution in [3.05, 3.63) is 61.4 Å². The molecule has 2 aliphatic carbocycles. The molecule has 0 amide bonds. The Morgan fingerprint density at radius 3 is 1.31 bits per heavy atom. The predicted octanol–water partition coefficient (Wildman–Crippen LogP) is 3.41. The maximum Gasteiger partial charge on any atom is 2.00 e. The summed E-state index contributed by atoms with van der Waals surface area (Å²) in [5.74, 6) is 0. The third-order valence-electron chi connectivity index (χ3n) is 1.70. The van der Waals surface area contributed by atoms with E-state index in [4.69, 9.17) is 0 Å². The van der Waals surface area contributed by atoms with Gasteiger partial charge in [-0.25, -0.2) is 37.1 Å². The Bertz CT molecular complexity index is 226. The minimum Gasteiger partial charge on any atom is -0.241 e. The van der Waals surface area contributed by atoms with Crippen LogP contribution in [-0.4, -0.2) is 0 Å². The molecule has 1 heteroatoms. The summed E-state index contributed by atoms with van der Waals surface area (Å²) in [6.45, 7) is 7.47. The smallest absolute Gasteiger partial charge is 0.241 e. The van der Waals surface area contributed by atoms with E-state index in [1.807, 2.05) is 24.3 Å². The molecule has 0 unspecified atom stereocenters. The molecule has 0 saturated carbocycles. The first-order valence-corrected chi connectivity index (χ1v) is 4.14. The van der Waals surface area contributed by atoms with Crippen molar-refractivity contribution in [3.8, 4) is 0 Å². The van der Waals surface area contributed by atoms with E-state index in [1.54, 1.807) is 0 Å². The van der Waals surface area contributed by atoms with E-state index in [0.717, 1.165) is 12.8 Å². The van der Waals surface area contributed by atoms with Crippen molar-refractivity contribution >= 4 is 0 Å². The third-order valence-corrected chi connectivity index (χ3v) is 1.70. The number of rotatable bonds is 0. The summed E-state index contributed by atoms with van der Waals surface area (Å²) < 4.78 is 0. The molecule has 0 radical (unpaired) electrons. The normalized spacial score (nSPS) is 16.9. The largest absolute Gasteiger partial charge is 2.00 e. The Hall–Kier alpha value is -0.586. The molecular formula is C12H14Ti. The van der Waals surface area contributed by atoms with E-state index in [1.165, 1.54) is 11.1 Å². The first-order valence-electron chi connectivity index (χ1n) is 4.14. The van der Waals surface area contributed by atoms with Crippen molar-refractivity contribution in [2.75, 3.05) is 0 Å². The molecule has 2 aliphatic rings. The minimum absolute atomic E-state index is 0. The van der Waals surface area contributed by atoms with Gasteiger partial charge in [-0.3, -0.25) is 0 Å². The summed E-state index contributed by atoms with van der Waals surface area (Å²) in [5, 5.41) is 0. The molecular weight excluding hydrogens is 192 g/mol. The Balaban J connectivity index is 0.000000206. The molecule has 0 aromatic rings. The molecule has 2 rings (SSSR count). The van der Waals surface area contributed by atoms with Gasteiger partial charge in [0.25, 0.3) is 0 Å². The molecule has 0 aromatic heterocycles. The van der Waals surface area contributed by atoms with Crippen LogP contribution < -0.4 is 0 Å². The van der Waals surface area contributed by atoms with Crippen molar-refractivity contribution in [2.24, 2.45) is 0 Å². The quantitative estimate of drug-likeness (QED) is 0.420. The van der Waals surface area contributed by atoms with Crippen molar-refractivity contribution in [1.29, 1.82) is 0 Å². The second-order valence-electron chi connectivity index (χ2n) is 2.91. The zero-order valence-corrected chi connectivity index (χ0v) is 9.35. The van der Waals surface area contributed by atoms with Gasteiger partial charge in [-0.1, -0.05) is 0 Å². The molecule has 0 N–H and O–H groups in total. The molecule has 0 saturated heterocycles. The topological polar surface area (TPSA) is 0 Å². The van der Waals surface area contributed by atoms with Gasteiger partial charge in [0.2, 0.25) is 0 Å². The molecule has 13 heavy (non-hydrogen) atoms. The fraction of sp³-hybridized carbons (Fsp3) is 0.167. The van der Waals surface area contributed by atoms with Gasteiger partial charge < -0.3 is 0 Å². The zero-order valence-electron chi connectivity index (χ0n) is 7.79. The Morgan fingerprint density at radius 2 is 1.23 bits per heavy atom. The second-order valence-corrected chi connectivity index (χ2v) is 2.91. The summed E-state index contributed by atoms with van der Waals surface area (Å²) in [4.78, 5) is 0. The second kappa shape index (κ2) is 6.88. The van der Waals surface area contributed by atoms with Crippen molar-refractivity contribution < 1.29 is 21.7 Å². The van der Waals surface area contributed by atoms with Crippen LogP contribution in [0, 0.1) is 13.8 Å². The van der Waals surface area contributed by atoms with Gasteiger partial charge in [0.15, 0.2) is 0 Å². The van der Waals surface area contributed by atoms with Crippen molar-refractivity contribution in [2.45, 2.75) is 12.8 Å². The number of hydrogen-bond donors (Lipinski definition) is 0. The van der Waals surface area contributed by atoms with Crippen LogP contribution >= 0.6 is 0 Å². The van der Waals surface area contributed by atoms with Gasteiger partial charge in [0, 0.05) is 0 Å². The summed E-state index contributed by atoms with van der Waals surface area (Å²) in [5.41, 5.74) is 2.44. The van der Waals surface area contributed by atoms with Crippen LogP contribution in [0.15, 0.2) is 47.6 Å². The molecule has 0 aromatic carbocycles. The van der Waals surface area contributed by atoms with Crippen LogP contribution in [0.2, 0.25) is 0 Å². The summed E-state index contributed by atoms with van der Waals surface area (Å²) in [6.07, 6.45) is 14.4. The van der Waals surface area contributed by atoms with Crippen molar-refractivity contribution in [1.82, 2.24) is 0 Å². The van der Waals surface area contributed by atoms with E-state index >= 15 is 0 Å². The van der Waals surface area contributed by atoms with Gasteiger partial charge >= 0.3 is 21.7 Å². The van der Waals surface area contributed by atoms with E-state index in [2.05, 4.69) is 26.0 Å². The van der Waals surface area contributed by atoms with Gasteiger partial charge in [-0.2, -0.15) is 0 Å². The Kier molecular flexibility index (Phi) is 6.57. The molecule has 66 valence electrons. The van der Waals surface area contributed by atoms with Gasteiger partial charge in [-0.05, 0) is 12.8 Å². The summed E-state index contributed by atoms with van der Waals surface area (Å²) >= 11 is 0. The van der Waals surface area contributed by atoms with Gasteiger partial charge in [0.1, 0.15) is 0 Å². The first-order chi connectivity index (χ1) is 5.79. The van der Waals surface area contributed by atoms with Crippen LogP contribution in [0.3, 0.4) is 0 Å². The maximum atomic E-state index is 3.74. The molecule has 0 bridgehead atoms. The van der Waals surface area contributed by atoms with Crippen LogP contribution in [0.25, 0.3) is 0 Å². The van der Waals surface area contributed by atoms with E-state index < -0.39 is 0 Å². The van der Waals surface area contributed by atoms with Crippen LogP contribution in [0.1, 0.15) is 12.8 Å². The summed E-state index contributed by atoms with van der Waals surface area (Å²) in [7, 11) is 0. The molecule has 0 nitrogen and oxygen atoms in total. The molecule has 0 aliphatic heterocycles. The van der Waals surface area contributed by atoms with E-state index in [0.29, 0.717) is 0 Å². The standard InChI is InChI=1S/2C6H7.Ti/c2*1-6-4-2-3-5-6;/h2*2-4H,1,5H2;/q2*-1;+2. The van der Waals surface area contributed by atoms with Crippen LogP contribution in [-0.2, 0) is 21.7 Å². The monoisotopic (exact) mass is 206 g/mol. The average Bonchev–Trinajstić information content (AvgIpc) is 2.63. The molecule has 0 fully saturated rings. The fourth-order valence-corrected chi connectivity index (χ4v) is 0.983. The Morgan fingerprint density at radius 1 is 0.846 bits per heavy atom. The summed E-state index contributed by atoms with van der Waals surface area (Å²) in [6, 6.07) is 0. The average molecular weight is 206 g/mol. The predicted molar refractivity (Wildman–Crippen MR) is 54.4 cm³/mol. The maximum absolute atomic E-state index is 3.74. The zero-order chi connectivity index (χ0) is 8.81. The van der Waals surface area contributed by atoms with Crippen LogP contribution in [0.5, 0.6) is 0 Å². The van der Waals surface area contributed by atoms with E-state index in [-0.39, 0.29) is 21.7 Å². The third kappa shape index (κ3) is 5.62. The fourth-order valence-electron chi connectivity index (χ4n) is 0.983. The molecule has 0 atom stereocenters. The van der Waals surface area contributed by atoms with Gasteiger partial charge in [-0.15, -0.1) is 24.3 Å².